The maximum absolute atomic E-state index is 12.6. The van der Waals surface area contributed by atoms with Crippen molar-refractivity contribution in [3.8, 4) is 0 Å². The molecule has 1 aromatic rings. The number of anilines is 1. The predicted octanol–water partition coefficient (Wildman–Crippen LogP) is 1.92. The van der Waals surface area contributed by atoms with Gasteiger partial charge in [0.15, 0.2) is 6.10 Å². The molecule has 2 aliphatic rings. The molecule has 3 rings (SSSR count). The van der Waals surface area contributed by atoms with Crippen molar-refractivity contribution >= 4 is 23.5 Å². The number of carbonyl (C=O) groups is 3. The Kier molecular flexibility index (Phi) is 6.03. The number of hydrogen-bond donors (Lipinski definition) is 0. The molecule has 0 spiro atoms. The summed E-state index contributed by atoms with van der Waals surface area (Å²) < 4.78 is 11.1. The highest BCUT2D eigenvalue weighted by Crippen LogP contribution is 2.26. The van der Waals surface area contributed by atoms with Gasteiger partial charge in [-0.15, -0.1) is 0 Å². The molecule has 7 nitrogen and oxygen atoms in total. The number of aryl methyl sites for hydroxylation is 1. The molecule has 0 unspecified atom stereocenters. The Labute approximate surface area is 165 Å². The molecule has 0 aromatic heterocycles. The Hall–Kier alpha value is -2.41. The van der Waals surface area contributed by atoms with E-state index in [0.29, 0.717) is 13.1 Å². The second-order valence-electron chi connectivity index (χ2n) is 7.82. The van der Waals surface area contributed by atoms with Crippen LogP contribution < -0.4 is 4.90 Å². The number of morpholine rings is 1. The molecule has 0 aliphatic carbocycles. The highest BCUT2D eigenvalue weighted by Gasteiger charge is 2.38. The highest BCUT2D eigenvalue weighted by molar-refractivity contribution is 5.99. The van der Waals surface area contributed by atoms with Crippen molar-refractivity contribution in [2.24, 2.45) is 5.92 Å². The zero-order chi connectivity index (χ0) is 20.4. The van der Waals surface area contributed by atoms with Gasteiger partial charge in [0.05, 0.1) is 18.1 Å². The lowest BCUT2D eigenvalue weighted by molar-refractivity contribution is -0.166. The third-order valence-electron chi connectivity index (χ3n) is 5.18. The lowest BCUT2D eigenvalue weighted by atomic mass is 10.1. The first kappa shape index (κ1) is 20.3. The minimum absolute atomic E-state index is 0.0499. The van der Waals surface area contributed by atoms with Gasteiger partial charge in [-0.25, -0.2) is 0 Å². The van der Waals surface area contributed by atoms with Gasteiger partial charge in [0, 0.05) is 31.7 Å². The molecular weight excluding hydrogens is 360 g/mol. The number of hydrogen-bond acceptors (Lipinski definition) is 5. The number of benzene rings is 1. The third kappa shape index (κ3) is 4.52. The molecule has 1 aromatic carbocycles. The number of esters is 1. The summed E-state index contributed by atoms with van der Waals surface area (Å²) in [6, 6.07) is 7.60. The number of carbonyl (C=O) groups excluding carboxylic acids is 3. The largest absolute Gasteiger partial charge is 0.452 e. The van der Waals surface area contributed by atoms with Crippen LogP contribution in [0.4, 0.5) is 5.69 Å². The average Bonchev–Trinajstić information content (AvgIpc) is 3.02. The van der Waals surface area contributed by atoms with Crippen LogP contribution in [0.1, 0.15) is 32.8 Å². The summed E-state index contributed by atoms with van der Waals surface area (Å²) in [5.74, 6) is -1.40. The molecule has 28 heavy (non-hydrogen) atoms. The summed E-state index contributed by atoms with van der Waals surface area (Å²) >= 11 is 0. The smallest absolute Gasteiger partial charge is 0.312 e. The van der Waals surface area contributed by atoms with Gasteiger partial charge in [-0.2, -0.15) is 0 Å². The van der Waals surface area contributed by atoms with E-state index in [0.717, 1.165) is 11.3 Å². The van der Waals surface area contributed by atoms with Gasteiger partial charge in [-0.3, -0.25) is 14.4 Å². The van der Waals surface area contributed by atoms with Crippen LogP contribution in [-0.4, -0.2) is 60.6 Å². The van der Waals surface area contributed by atoms with Crippen LogP contribution in [0.2, 0.25) is 0 Å². The van der Waals surface area contributed by atoms with E-state index in [2.05, 4.69) is 0 Å². The van der Waals surface area contributed by atoms with E-state index in [4.69, 9.17) is 9.47 Å². The monoisotopic (exact) mass is 388 g/mol. The van der Waals surface area contributed by atoms with Gasteiger partial charge in [0.2, 0.25) is 5.91 Å². The quantitative estimate of drug-likeness (QED) is 0.737. The van der Waals surface area contributed by atoms with Gasteiger partial charge in [-0.1, -0.05) is 17.7 Å². The van der Waals surface area contributed by atoms with E-state index in [1.165, 1.54) is 0 Å². The minimum atomic E-state index is -0.881. The minimum Gasteiger partial charge on any atom is -0.452 e. The zero-order valence-electron chi connectivity index (χ0n) is 16.9. The van der Waals surface area contributed by atoms with E-state index in [-0.39, 0.29) is 37.0 Å². The first-order valence-electron chi connectivity index (χ1n) is 9.76. The molecule has 2 fully saturated rings. The second kappa shape index (κ2) is 8.31. The van der Waals surface area contributed by atoms with Crippen LogP contribution in [0.5, 0.6) is 0 Å². The van der Waals surface area contributed by atoms with E-state index in [1.54, 1.807) is 16.7 Å². The SMILES string of the molecule is Cc1ccc(N2C[C@H](C(=O)O[C@H](C)C(=O)N3C[C@H](C)O[C@@H](C)C3)CC2=O)cc1. The Morgan fingerprint density at radius 1 is 1.11 bits per heavy atom. The molecule has 2 aliphatic heterocycles. The Morgan fingerprint density at radius 2 is 1.71 bits per heavy atom. The Bertz CT molecular complexity index is 738. The molecule has 0 N–H and O–H groups in total. The molecule has 4 atom stereocenters. The number of amides is 2. The fourth-order valence-corrected chi connectivity index (χ4v) is 3.78. The Balaban J connectivity index is 1.57. The molecule has 2 heterocycles. The van der Waals surface area contributed by atoms with Gasteiger partial charge >= 0.3 is 5.97 Å². The molecule has 152 valence electrons. The van der Waals surface area contributed by atoms with Crippen LogP contribution in [0.25, 0.3) is 0 Å². The van der Waals surface area contributed by atoms with Crippen LogP contribution in [0.3, 0.4) is 0 Å². The van der Waals surface area contributed by atoms with Crippen molar-refractivity contribution in [3.05, 3.63) is 29.8 Å². The fourth-order valence-electron chi connectivity index (χ4n) is 3.78. The third-order valence-corrected chi connectivity index (χ3v) is 5.18. The zero-order valence-corrected chi connectivity index (χ0v) is 16.9. The van der Waals surface area contributed by atoms with Crippen LogP contribution >= 0.6 is 0 Å². The molecule has 0 bridgehead atoms. The normalized spacial score (nSPS) is 26.3. The van der Waals surface area contributed by atoms with Crippen molar-refractivity contribution in [1.29, 1.82) is 0 Å². The lowest BCUT2D eigenvalue weighted by Gasteiger charge is -2.36. The fraction of sp³-hybridized carbons (Fsp3) is 0.571. The number of rotatable bonds is 4. The van der Waals surface area contributed by atoms with Crippen molar-refractivity contribution in [3.63, 3.8) is 0 Å². The van der Waals surface area contributed by atoms with E-state index in [1.807, 2.05) is 45.0 Å². The van der Waals surface area contributed by atoms with Gasteiger partial charge in [-0.05, 0) is 39.8 Å². The first-order valence-corrected chi connectivity index (χ1v) is 9.76. The molecule has 2 amide bonds. The first-order chi connectivity index (χ1) is 13.2. The summed E-state index contributed by atoms with van der Waals surface area (Å²) in [4.78, 5) is 40.8. The maximum Gasteiger partial charge on any atom is 0.312 e. The van der Waals surface area contributed by atoms with Crippen molar-refractivity contribution in [1.82, 2.24) is 4.90 Å². The van der Waals surface area contributed by atoms with Crippen molar-refractivity contribution < 1.29 is 23.9 Å². The van der Waals surface area contributed by atoms with Crippen molar-refractivity contribution in [2.75, 3.05) is 24.5 Å². The number of nitrogens with zero attached hydrogens (tertiary/aromatic N) is 2. The van der Waals surface area contributed by atoms with E-state index >= 15 is 0 Å². The molecular formula is C21H28N2O5. The molecule has 0 radical (unpaired) electrons. The Morgan fingerprint density at radius 3 is 2.32 bits per heavy atom. The predicted molar refractivity (Wildman–Crippen MR) is 104 cm³/mol. The molecule has 0 saturated carbocycles. The molecule has 2 saturated heterocycles. The number of ether oxygens (including phenoxy) is 2. The summed E-state index contributed by atoms with van der Waals surface area (Å²) in [5, 5.41) is 0. The lowest BCUT2D eigenvalue weighted by Crippen LogP contribution is -2.51. The summed E-state index contributed by atoms with van der Waals surface area (Å²) in [5.41, 5.74) is 1.87. The second-order valence-corrected chi connectivity index (χ2v) is 7.82. The average molecular weight is 388 g/mol. The molecule has 7 heteroatoms. The standard InChI is InChI=1S/C21H28N2O5/c1-13-5-7-18(8-6-13)23-12-17(9-19(23)24)21(26)28-16(4)20(25)22-10-14(2)27-15(3)11-22/h5-8,14-17H,9-12H2,1-4H3/t14-,15-,16+,17+/m0/s1. The van der Waals surface area contributed by atoms with Crippen LogP contribution in [-0.2, 0) is 23.9 Å². The van der Waals surface area contributed by atoms with Gasteiger partial charge < -0.3 is 19.3 Å². The summed E-state index contributed by atoms with van der Waals surface area (Å²) in [6.07, 6.45) is -0.884. The highest BCUT2D eigenvalue weighted by atomic mass is 16.5. The topological polar surface area (TPSA) is 76.2 Å². The van der Waals surface area contributed by atoms with Crippen LogP contribution in [0.15, 0.2) is 24.3 Å². The van der Waals surface area contributed by atoms with E-state index in [9.17, 15) is 14.4 Å². The summed E-state index contributed by atoms with van der Waals surface area (Å²) in [7, 11) is 0. The summed E-state index contributed by atoms with van der Waals surface area (Å²) in [6.45, 7) is 8.62. The van der Waals surface area contributed by atoms with E-state index < -0.39 is 18.0 Å². The van der Waals surface area contributed by atoms with Crippen LogP contribution in [0, 0.1) is 12.8 Å². The van der Waals surface area contributed by atoms with Gasteiger partial charge in [0.1, 0.15) is 0 Å². The van der Waals surface area contributed by atoms with Crippen molar-refractivity contribution in [2.45, 2.75) is 52.4 Å². The van der Waals surface area contributed by atoms with Gasteiger partial charge in [0.25, 0.3) is 5.91 Å². The maximum atomic E-state index is 12.6.